The van der Waals surface area contributed by atoms with Gasteiger partial charge in [-0.05, 0) is 69.2 Å². The number of rotatable bonds is 6. The number of amides is 2. The summed E-state index contributed by atoms with van der Waals surface area (Å²) in [6.07, 6.45) is 0. The molecule has 2 amide bonds. The Bertz CT molecular complexity index is 1340. The molecule has 170 valence electrons. The highest BCUT2D eigenvalue weighted by Crippen LogP contribution is 2.29. The van der Waals surface area contributed by atoms with Crippen molar-refractivity contribution in [2.45, 2.75) is 40.3 Å². The summed E-state index contributed by atoms with van der Waals surface area (Å²) in [7, 11) is 0. The molecule has 2 heterocycles. The summed E-state index contributed by atoms with van der Waals surface area (Å²) in [6.45, 7) is 8.05. The van der Waals surface area contributed by atoms with Crippen LogP contribution < -0.4 is 10.6 Å². The number of nitrogens with zero attached hydrogens (tertiary/aromatic N) is 2. The van der Waals surface area contributed by atoms with E-state index >= 15 is 0 Å². The van der Waals surface area contributed by atoms with Crippen molar-refractivity contribution in [1.29, 1.82) is 0 Å². The first-order chi connectivity index (χ1) is 15.7. The van der Waals surface area contributed by atoms with Gasteiger partial charge >= 0.3 is 0 Å². The maximum atomic E-state index is 13.2. The first kappa shape index (κ1) is 22.7. The van der Waals surface area contributed by atoms with E-state index in [-0.39, 0.29) is 23.7 Å². The van der Waals surface area contributed by atoms with Crippen molar-refractivity contribution >= 4 is 39.1 Å². The van der Waals surface area contributed by atoms with E-state index in [2.05, 4.69) is 15.7 Å². The third-order valence-electron chi connectivity index (χ3n) is 5.24. The van der Waals surface area contributed by atoms with Crippen molar-refractivity contribution in [2.24, 2.45) is 0 Å². The first-order valence-corrected chi connectivity index (χ1v) is 11.5. The lowest BCUT2D eigenvalue weighted by Crippen LogP contribution is -2.30. The van der Waals surface area contributed by atoms with Crippen LogP contribution in [0.15, 0.2) is 48.5 Å². The van der Waals surface area contributed by atoms with Crippen molar-refractivity contribution < 1.29 is 14.0 Å². The van der Waals surface area contributed by atoms with E-state index < -0.39 is 0 Å². The number of carbonyl (C=O) groups excluding carboxylic acids is 2. The lowest BCUT2D eigenvalue weighted by atomic mass is 10.1. The summed E-state index contributed by atoms with van der Waals surface area (Å²) >= 11 is 1.35. The first-order valence-electron chi connectivity index (χ1n) is 10.7. The van der Waals surface area contributed by atoms with Gasteiger partial charge in [-0.3, -0.25) is 14.3 Å². The van der Waals surface area contributed by atoms with Crippen LogP contribution in [0.5, 0.6) is 0 Å². The minimum atomic E-state index is -0.281. The van der Waals surface area contributed by atoms with Crippen LogP contribution in [-0.2, 0) is 6.54 Å². The number of aromatic nitrogens is 2. The maximum Gasteiger partial charge on any atom is 0.265 e. The molecule has 6 nitrogen and oxygen atoms in total. The van der Waals surface area contributed by atoms with Gasteiger partial charge in [-0.1, -0.05) is 18.2 Å². The van der Waals surface area contributed by atoms with Crippen molar-refractivity contribution in [3.8, 4) is 0 Å². The zero-order valence-electron chi connectivity index (χ0n) is 18.9. The molecular formula is C25H25FN4O2S. The average molecular weight is 465 g/mol. The quantitative estimate of drug-likeness (QED) is 0.407. The molecular weight excluding hydrogens is 439 g/mol. The zero-order chi connectivity index (χ0) is 23.7. The number of hydrogen-bond acceptors (Lipinski definition) is 4. The largest absolute Gasteiger partial charge is 0.350 e. The molecule has 2 aromatic carbocycles. The highest BCUT2D eigenvalue weighted by molar-refractivity contribution is 7.20. The summed E-state index contributed by atoms with van der Waals surface area (Å²) < 4.78 is 15.0. The van der Waals surface area contributed by atoms with Crippen LogP contribution in [0.3, 0.4) is 0 Å². The van der Waals surface area contributed by atoms with Gasteiger partial charge in [0.1, 0.15) is 10.6 Å². The van der Waals surface area contributed by atoms with Gasteiger partial charge in [-0.2, -0.15) is 5.10 Å². The average Bonchev–Trinajstić information content (AvgIpc) is 3.32. The summed E-state index contributed by atoms with van der Waals surface area (Å²) in [4.78, 5) is 26.9. The highest BCUT2D eigenvalue weighted by Gasteiger charge is 2.18. The zero-order valence-corrected chi connectivity index (χ0v) is 19.7. The fraction of sp³-hybridized carbons (Fsp3) is 0.240. The van der Waals surface area contributed by atoms with E-state index in [1.807, 2.05) is 44.5 Å². The van der Waals surface area contributed by atoms with Gasteiger partial charge in [0, 0.05) is 22.7 Å². The SMILES string of the molecule is Cc1ccc(NC(=O)c2cc3c(C)nn(Cc4ccc(F)cc4)c3s2)cc1C(=O)NC(C)C. The van der Waals surface area contributed by atoms with E-state index in [4.69, 9.17) is 0 Å². The number of anilines is 1. The molecule has 0 saturated carbocycles. The van der Waals surface area contributed by atoms with Crippen molar-refractivity contribution in [3.63, 3.8) is 0 Å². The number of fused-ring (bicyclic) bond motifs is 1. The van der Waals surface area contributed by atoms with Crippen LogP contribution in [0.4, 0.5) is 10.1 Å². The molecule has 0 radical (unpaired) electrons. The van der Waals surface area contributed by atoms with Crippen LogP contribution in [0.25, 0.3) is 10.2 Å². The summed E-state index contributed by atoms with van der Waals surface area (Å²) in [5, 5.41) is 11.3. The summed E-state index contributed by atoms with van der Waals surface area (Å²) in [5.41, 5.74) is 3.67. The van der Waals surface area contributed by atoms with E-state index in [1.165, 1.54) is 23.5 Å². The topological polar surface area (TPSA) is 76.0 Å². The summed E-state index contributed by atoms with van der Waals surface area (Å²) in [6, 6.07) is 13.5. The van der Waals surface area contributed by atoms with Crippen LogP contribution in [0.2, 0.25) is 0 Å². The molecule has 0 bridgehead atoms. The summed E-state index contributed by atoms with van der Waals surface area (Å²) in [5.74, 6) is -0.698. The molecule has 0 fully saturated rings. The molecule has 0 unspecified atom stereocenters. The van der Waals surface area contributed by atoms with Gasteiger partial charge in [0.15, 0.2) is 0 Å². The molecule has 4 aromatic rings. The van der Waals surface area contributed by atoms with Crippen LogP contribution in [0.1, 0.15) is 50.7 Å². The molecule has 8 heteroatoms. The van der Waals surface area contributed by atoms with E-state index in [0.29, 0.717) is 22.7 Å². The Morgan fingerprint density at radius 3 is 2.48 bits per heavy atom. The van der Waals surface area contributed by atoms with Crippen LogP contribution >= 0.6 is 11.3 Å². The van der Waals surface area contributed by atoms with E-state index in [1.54, 1.807) is 24.3 Å². The van der Waals surface area contributed by atoms with Crippen LogP contribution in [0, 0.1) is 19.7 Å². The standard InChI is InChI=1S/C25H25FN4O2S/c1-14(2)27-23(31)20-11-19(10-5-15(20)3)28-24(32)22-12-21-16(4)29-30(25(21)33-22)13-17-6-8-18(26)9-7-17/h5-12,14H,13H2,1-4H3,(H,27,31)(H,28,32). The molecule has 0 atom stereocenters. The molecule has 2 aromatic heterocycles. The Morgan fingerprint density at radius 2 is 1.79 bits per heavy atom. The molecule has 0 aliphatic carbocycles. The van der Waals surface area contributed by atoms with E-state index in [0.717, 1.165) is 27.0 Å². The Hall–Kier alpha value is -3.52. The fourth-order valence-electron chi connectivity index (χ4n) is 3.57. The van der Waals surface area contributed by atoms with Crippen LogP contribution in [-0.4, -0.2) is 27.6 Å². The Morgan fingerprint density at radius 1 is 1.06 bits per heavy atom. The third-order valence-corrected chi connectivity index (χ3v) is 6.38. The number of carbonyl (C=O) groups is 2. The molecule has 0 spiro atoms. The minimum Gasteiger partial charge on any atom is -0.350 e. The molecule has 0 aliphatic heterocycles. The van der Waals surface area contributed by atoms with Gasteiger partial charge in [-0.15, -0.1) is 11.3 Å². The second-order valence-electron chi connectivity index (χ2n) is 8.31. The molecule has 0 saturated heterocycles. The van der Waals surface area contributed by atoms with Gasteiger partial charge in [0.25, 0.3) is 11.8 Å². The molecule has 0 aliphatic rings. The van der Waals surface area contributed by atoms with Crippen molar-refractivity contribution in [3.05, 3.63) is 81.6 Å². The molecule has 4 rings (SSSR count). The third kappa shape index (κ3) is 4.96. The second kappa shape index (κ2) is 9.15. The number of aryl methyl sites for hydroxylation is 2. The lowest BCUT2D eigenvalue weighted by Gasteiger charge is -2.12. The Kier molecular flexibility index (Phi) is 6.29. The van der Waals surface area contributed by atoms with Crippen molar-refractivity contribution in [2.75, 3.05) is 5.32 Å². The number of thiophene rings is 1. The molecule has 2 N–H and O–H groups in total. The fourth-order valence-corrected chi connectivity index (χ4v) is 4.63. The van der Waals surface area contributed by atoms with E-state index in [9.17, 15) is 14.0 Å². The Balaban J connectivity index is 1.56. The minimum absolute atomic E-state index is 0.0198. The highest BCUT2D eigenvalue weighted by atomic mass is 32.1. The van der Waals surface area contributed by atoms with Gasteiger partial charge in [-0.25, -0.2) is 4.39 Å². The normalized spacial score (nSPS) is 11.2. The maximum absolute atomic E-state index is 13.2. The Labute approximate surface area is 195 Å². The number of hydrogen-bond donors (Lipinski definition) is 2. The number of halogens is 1. The predicted molar refractivity (Wildman–Crippen MR) is 130 cm³/mol. The van der Waals surface area contributed by atoms with Gasteiger partial charge in [0.05, 0.1) is 17.1 Å². The smallest absolute Gasteiger partial charge is 0.265 e. The lowest BCUT2D eigenvalue weighted by molar-refractivity contribution is 0.0941. The second-order valence-corrected chi connectivity index (χ2v) is 9.34. The monoisotopic (exact) mass is 464 g/mol. The van der Waals surface area contributed by atoms with Crippen molar-refractivity contribution in [1.82, 2.24) is 15.1 Å². The molecule has 33 heavy (non-hydrogen) atoms. The number of nitrogens with one attached hydrogen (secondary N) is 2. The predicted octanol–water partition coefficient (Wildman–Crippen LogP) is 5.29. The van der Waals surface area contributed by atoms with Gasteiger partial charge < -0.3 is 10.6 Å². The van der Waals surface area contributed by atoms with Gasteiger partial charge in [0.2, 0.25) is 0 Å². The number of benzene rings is 2.